The minimum atomic E-state index is -0.651. The molecule has 0 aliphatic rings. The van der Waals surface area contributed by atoms with Crippen LogP contribution in [0.1, 0.15) is 131 Å². The molecule has 0 heterocycles. The van der Waals surface area contributed by atoms with Crippen LogP contribution in [0.15, 0.2) is 24.3 Å². The number of aliphatic hydroxyl groups is 2. The number of hydrogen-bond donors (Lipinski definition) is 2. The molecule has 0 fully saturated rings. The van der Waals surface area contributed by atoms with E-state index >= 15 is 0 Å². The first kappa shape index (κ1) is 31.1. The van der Waals surface area contributed by atoms with Gasteiger partial charge in [0.15, 0.2) is 0 Å². The second kappa shape index (κ2) is 14.0. The Balaban J connectivity index is 3.17. The Morgan fingerprint density at radius 3 is 1.15 bits per heavy atom. The van der Waals surface area contributed by atoms with E-state index in [1.807, 2.05) is 27.7 Å². The average molecular weight is 479 g/mol. The van der Waals surface area contributed by atoms with E-state index in [2.05, 4.69) is 52.0 Å². The van der Waals surface area contributed by atoms with Gasteiger partial charge in [0.1, 0.15) is 0 Å². The van der Waals surface area contributed by atoms with Crippen LogP contribution in [0.3, 0.4) is 0 Å². The highest BCUT2D eigenvalue weighted by molar-refractivity contribution is 5.32. The fraction of sp³-hybridized carbons (Fsp3) is 0.800. The summed E-state index contributed by atoms with van der Waals surface area (Å²) in [7, 11) is 0. The highest BCUT2D eigenvalue weighted by atomic mass is 16.5. The van der Waals surface area contributed by atoms with Crippen molar-refractivity contribution in [2.24, 2.45) is 0 Å². The van der Waals surface area contributed by atoms with Crippen molar-refractivity contribution in [3.63, 3.8) is 0 Å². The normalized spacial score (nSPS) is 13.5. The van der Waals surface area contributed by atoms with E-state index in [4.69, 9.17) is 9.47 Å². The van der Waals surface area contributed by atoms with Gasteiger partial charge >= 0.3 is 0 Å². The highest BCUT2D eigenvalue weighted by Crippen LogP contribution is 2.39. The molecular weight excluding hydrogens is 424 g/mol. The van der Waals surface area contributed by atoms with E-state index in [1.165, 1.54) is 11.1 Å². The molecule has 0 saturated carbocycles. The van der Waals surface area contributed by atoms with E-state index in [9.17, 15) is 10.2 Å². The summed E-state index contributed by atoms with van der Waals surface area (Å²) in [5.74, 6) is 0. The first-order chi connectivity index (χ1) is 16.1. The molecule has 0 saturated heterocycles. The molecule has 198 valence electrons. The fourth-order valence-electron chi connectivity index (χ4n) is 5.06. The maximum atomic E-state index is 10.7. The van der Waals surface area contributed by atoms with Gasteiger partial charge in [0, 0.05) is 0 Å². The predicted molar refractivity (Wildman–Crippen MR) is 143 cm³/mol. The van der Waals surface area contributed by atoms with Gasteiger partial charge in [-0.25, -0.2) is 0 Å². The van der Waals surface area contributed by atoms with Crippen molar-refractivity contribution < 1.29 is 19.7 Å². The molecular formula is C30H54O4. The molecule has 0 aliphatic heterocycles. The second-order valence-electron chi connectivity index (χ2n) is 10.0. The predicted octanol–water partition coefficient (Wildman–Crippen LogP) is 7.63. The molecule has 0 unspecified atom stereocenters. The number of hydrogen-bond acceptors (Lipinski definition) is 4. The van der Waals surface area contributed by atoms with Gasteiger partial charge in [-0.2, -0.15) is 0 Å². The van der Waals surface area contributed by atoms with Crippen LogP contribution in [0.5, 0.6) is 0 Å². The molecule has 4 nitrogen and oxygen atoms in total. The van der Waals surface area contributed by atoms with Gasteiger partial charge in [-0.15, -0.1) is 0 Å². The maximum Gasteiger partial charge on any atom is 0.0926 e. The summed E-state index contributed by atoms with van der Waals surface area (Å²) in [6, 6.07) is 8.74. The highest BCUT2D eigenvalue weighted by Gasteiger charge is 2.35. The van der Waals surface area contributed by atoms with Gasteiger partial charge in [-0.05, 0) is 75.3 Å². The topological polar surface area (TPSA) is 58.9 Å². The van der Waals surface area contributed by atoms with Crippen LogP contribution in [-0.4, -0.2) is 34.6 Å². The Labute approximate surface area is 210 Å². The Morgan fingerprint density at radius 1 is 0.559 bits per heavy atom. The third-order valence-electron chi connectivity index (χ3n) is 8.72. The minimum Gasteiger partial charge on any atom is -0.390 e. The quantitative estimate of drug-likeness (QED) is 0.228. The van der Waals surface area contributed by atoms with Crippen molar-refractivity contribution in [2.45, 2.75) is 142 Å². The molecule has 1 aromatic rings. The lowest BCUT2D eigenvalue weighted by Gasteiger charge is -2.38. The standard InChI is InChI=1S/C30H54O4/c1-9-27(31,10-2)20-22-33-29(13-5,14-6)25-18-17-19-26(24-25)30(15-7,16-8)34-23-21-28(32,11-3)12-4/h17-19,24,31-32H,9-16,20-23H2,1-8H3. The molecule has 0 radical (unpaired) electrons. The van der Waals surface area contributed by atoms with Gasteiger partial charge in [-0.3, -0.25) is 0 Å². The van der Waals surface area contributed by atoms with E-state index in [-0.39, 0.29) is 11.2 Å². The third-order valence-corrected chi connectivity index (χ3v) is 8.72. The van der Waals surface area contributed by atoms with Crippen LogP contribution in [-0.2, 0) is 20.7 Å². The lowest BCUT2D eigenvalue weighted by atomic mass is 9.82. The van der Waals surface area contributed by atoms with Crippen LogP contribution in [0.4, 0.5) is 0 Å². The SMILES string of the molecule is CCC(O)(CC)CCOC(CC)(CC)c1cccc(C(CC)(CC)OCCC(O)(CC)CC)c1. The zero-order chi connectivity index (χ0) is 25.9. The third kappa shape index (κ3) is 7.53. The van der Waals surface area contributed by atoms with E-state index in [0.29, 0.717) is 26.1 Å². The molecule has 1 rings (SSSR count). The van der Waals surface area contributed by atoms with E-state index in [1.54, 1.807) is 0 Å². The van der Waals surface area contributed by atoms with Gasteiger partial charge in [0.05, 0.1) is 35.6 Å². The summed E-state index contributed by atoms with van der Waals surface area (Å²) >= 11 is 0. The van der Waals surface area contributed by atoms with Crippen molar-refractivity contribution >= 4 is 0 Å². The zero-order valence-corrected chi connectivity index (χ0v) is 23.5. The summed E-state index contributed by atoms with van der Waals surface area (Å²) in [6.07, 6.45) is 7.75. The smallest absolute Gasteiger partial charge is 0.0926 e. The Hall–Kier alpha value is -0.940. The Morgan fingerprint density at radius 2 is 0.882 bits per heavy atom. The molecule has 0 atom stereocenters. The number of rotatable bonds is 18. The van der Waals surface area contributed by atoms with Crippen LogP contribution < -0.4 is 0 Å². The van der Waals surface area contributed by atoms with Gasteiger partial charge in [-0.1, -0.05) is 79.7 Å². The first-order valence-corrected chi connectivity index (χ1v) is 13.9. The van der Waals surface area contributed by atoms with Crippen LogP contribution >= 0.6 is 0 Å². The molecule has 0 spiro atoms. The molecule has 4 heteroatoms. The van der Waals surface area contributed by atoms with Crippen LogP contribution in [0, 0.1) is 0 Å². The lowest BCUT2D eigenvalue weighted by Crippen LogP contribution is -2.35. The molecule has 0 amide bonds. The van der Waals surface area contributed by atoms with Gasteiger partial charge < -0.3 is 19.7 Å². The second-order valence-corrected chi connectivity index (χ2v) is 10.0. The van der Waals surface area contributed by atoms with Crippen molar-refractivity contribution in [3.8, 4) is 0 Å². The summed E-state index contributed by atoms with van der Waals surface area (Å²) in [6.45, 7) is 18.0. The largest absolute Gasteiger partial charge is 0.390 e. The Kier molecular flexibility index (Phi) is 12.8. The maximum absolute atomic E-state index is 10.7. The monoisotopic (exact) mass is 478 g/mol. The number of benzene rings is 1. The Bertz CT molecular complexity index is 628. The fourth-order valence-corrected chi connectivity index (χ4v) is 5.06. The molecule has 0 aromatic heterocycles. The minimum absolute atomic E-state index is 0.379. The van der Waals surface area contributed by atoms with E-state index in [0.717, 1.165) is 51.4 Å². The average Bonchev–Trinajstić information content (AvgIpc) is 2.89. The number of ether oxygens (including phenoxy) is 2. The molecule has 0 bridgehead atoms. The summed E-state index contributed by atoms with van der Waals surface area (Å²) in [5.41, 5.74) is 0.301. The first-order valence-electron chi connectivity index (χ1n) is 13.9. The molecule has 0 aliphatic carbocycles. The van der Waals surface area contributed by atoms with Gasteiger partial charge in [0.2, 0.25) is 0 Å². The summed E-state index contributed by atoms with van der Waals surface area (Å²) in [5, 5.41) is 21.4. The summed E-state index contributed by atoms with van der Waals surface area (Å²) < 4.78 is 13.1. The van der Waals surface area contributed by atoms with E-state index < -0.39 is 11.2 Å². The van der Waals surface area contributed by atoms with Crippen molar-refractivity contribution in [1.82, 2.24) is 0 Å². The van der Waals surface area contributed by atoms with Crippen molar-refractivity contribution in [3.05, 3.63) is 35.4 Å². The molecule has 2 N–H and O–H groups in total. The molecule has 34 heavy (non-hydrogen) atoms. The molecule has 1 aromatic carbocycles. The van der Waals surface area contributed by atoms with Crippen LogP contribution in [0.2, 0.25) is 0 Å². The van der Waals surface area contributed by atoms with Crippen molar-refractivity contribution in [1.29, 1.82) is 0 Å². The van der Waals surface area contributed by atoms with Crippen LogP contribution in [0.25, 0.3) is 0 Å². The lowest BCUT2D eigenvalue weighted by molar-refractivity contribution is -0.0879. The van der Waals surface area contributed by atoms with Crippen molar-refractivity contribution in [2.75, 3.05) is 13.2 Å². The zero-order valence-electron chi connectivity index (χ0n) is 23.5. The summed E-state index contributed by atoms with van der Waals surface area (Å²) in [4.78, 5) is 0. The van der Waals surface area contributed by atoms with Gasteiger partial charge in [0.25, 0.3) is 0 Å².